The third kappa shape index (κ3) is 5.42. The highest BCUT2D eigenvalue weighted by atomic mass is 35.5. The van der Waals surface area contributed by atoms with Crippen molar-refractivity contribution in [3.63, 3.8) is 0 Å². The van der Waals surface area contributed by atoms with E-state index in [1.807, 2.05) is 0 Å². The van der Waals surface area contributed by atoms with E-state index in [4.69, 9.17) is 21.8 Å². The Morgan fingerprint density at radius 2 is 1.74 bits per heavy atom. The number of oxazole rings is 1. The number of aromatic amines is 2. The number of fused-ring (bicyclic) bond motifs is 1. The van der Waals surface area contributed by atoms with Gasteiger partial charge in [-0.15, -0.1) is 0 Å². The van der Waals surface area contributed by atoms with Crippen molar-refractivity contribution in [3.8, 4) is 0 Å². The molecule has 0 aliphatic heterocycles. The summed E-state index contributed by atoms with van der Waals surface area (Å²) in [6.45, 7) is 0. The van der Waals surface area contributed by atoms with Crippen molar-refractivity contribution in [2.45, 2.75) is 12.8 Å². The van der Waals surface area contributed by atoms with Gasteiger partial charge in [-0.2, -0.15) is 0 Å². The first-order valence-corrected chi connectivity index (χ1v) is 10.3. The Morgan fingerprint density at radius 3 is 2.47 bits per heavy atom. The molecule has 0 aliphatic carbocycles. The number of nitrogens with one attached hydrogen (secondary N) is 5. The zero-order chi connectivity index (χ0) is 24.2. The van der Waals surface area contributed by atoms with Crippen LogP contribution in [0.25, 0.3) is 11.1 Å². The molecule has 4 aromatic rings. The molecule has 0 saturated carbocycles. The molecule has 34 heavy (non-hydrogen) atoms. The summed E-state index contributed by atoms with van der Waals surface area (Å²) in [5, 5.41) is 8.26. The lowest BCUT2D eigenvalue weighted by molar-refractivity contribution is -0.116. The minimum Gasteiger partial charge on any atom is -0.408 e. The molecule has 4 rings (SSSR count). The van der Waals surface area contributed by atoms with Gasteiger partial charge in [0, 0.05) is 35.3 Å². The number of H-pyrrole nitrogens is 2. The lowest BCUT2D eigenvalue weighted by Gasteiger charge is -2.07. The average Bonchev–Trinajstić information content (AvgIpc) is 3.35. The molecule has 0 fully saturated rings. The van der Waals surface area contributed by atoms with Crippen LogP contribution in [0.1, 0.15) is 22.7 Å². The van der Waals surface area contributed by atoms with Crippen LogP contribution in [0.3, 0.4) is 0 Å². The first-order chi connectivity index (χ1) is 16.3. The van der Waals surface area contributed by atoms with Crippen LogP contribution in [0.4, 0.5) is 22.0 Å². The van der Waals surface area contributed by atoms with Crippen LogP contribution in [0.2, 0.25) is 5.02 Å². The Bertz CT molecular complexity index is 1440. The summed E-state index contributed by atoms with van der Waals surface area (Å²) in [5.74, 6) is -1.51. The first kappa shape index (κ1) is 22.6. The minimum atomic E-state index is -0.852. The average molecular weight is 484 g/mol. The van der Waals surface area contributed by atoms with E-state index in [0.717, 1.165) is 0 Å². The van der Waals surface area contributed by atoms with Gasteiger partial charge in [0.1, 0.15) is 11.6 Å². The van der Waals surface area contributed by atoms with Gasteiger partial charge < -0.3 is 25.8 Å². The van der Waals surface area contributed by atoms with Gasteiger partial charge in [0.2, 0.25) is 5.91 Å². The van der Waals surface area contributed by atoms with E-state index >= 15 is 0 Å². The molecule has 12 nitrogen and oxygen atoms in total. The van der Waals surface area contributed by atoms with Crippen LogP contribution in [0.15, 0.2) is 51.7 Å². The standard InChI is InChI=1S/C21H18ClN7O5/c22-10-1-3-11(4-2-10)25-20(32)29-19-17(18(23)31)27-15(28-19)7-8-16(30)24-12-5-6-13-14(9-12)34-21(33)26-13/h1-6,9H,7-8H2,(H2,23,31)(H,24,30)(H,26,33)(H,27,28)(H2,25,29,32). The number of rotatable bonds is 7. The van der Waals surface area contributed by atoms with Gasteiger partial charge in [0.15, 0.2) is 11.3 Å². The summed E-state index contributed by atoms with van der Waals surface area (Å²) in [5.41, 5.74) is 6.94. The SMILES string of the molecule is NC(=O)c1nc(CCC(=O)Nc2ccc3[nH]c(=O)oc3c2)[nH]c1NC(=O)Nc1ccc(Cl)cc1. The molecule has 0 spiro atoms. The molecular formula is C21H18ClN7O5. The molecule has 2 aromatic heterocycles. The fraction of sp³-hybridized carbons (Fsp3) is 0.0952. The van der Waals surface area contributed by atoms with Crippen LogP contribution < -0.4 is 27.4 Å². The molecule has 174 valence electrons. The number of aryl methyl sites for hydroxylation is 1. The normalized spacial score (nSPS) is 10.7. The maximum Gasteiger partial charge on any atom is 0.417 e. The van der Waals surface area contributed by atoms with Gasteiger partial charge in [-0.05, 0) is 36.4 Å². The molecule has 4 amide bonds. The number of amides is 4. The summed E-state index contributed by atoms with van der Waals surface area (Å²) >= 11 is 5.82. The Labute approximate surface area is 195 Å². The third-order valence-electron chi connectivity index (χ3n) is 4.62. The van der Waals surface area contributed by atoms with Crippen molar-refractivity contribution in [1.29, 1.82) is 0 Å². The largest absolute Gasteiger partial charge is 0.417 e. The fourth-order valence-electron chi connectivity index (χ4n) is 3.10. The van der Waals surface area contributed by atoms with Crippen LogP contribution in [0, 0.1) is 0 Å². The summed E-state index contributed by atoms with van der Waals surface area (Å²) in [6, 6.07) is 10.5. The zero-order valence-electron chi connectivity index (χ0n) is 17.4. The maximum absolute atomic E-state index is 12.3. The van der Waals surface area contributed by atoms with E-state index in [0.29, 0.717) is 27.5 Å². The quantitative estimate of drug-likeness (QED) is 0.234. The van der Waals surface area contributed by atoms with Crippen molar-refractivity contribution in [2.75, 3.05) is 16.0 Å². The highest BCUT2D eigenvalue weighted by Crippen LogP contribution is 2.18. The van der Waals surface area contributed by atoms with Gasteiger partial charge in [0.25, 0.3) is 5.91 Å². The summed E-state index contributed by atoms with van der Waals surface area (Å²) in [4.78, 5) is 57.0. The molecule has 0 bridgehead atoms. The number of nitrogens with two attached hydrogens (primary N) is 1. The molecule has 0 aliphatic rings. The van der Waals surface area contributed by atoms with Crippen molar-refractivity contribution >= 4 is 57.7 Å². The molecule has 13 heteroatoms. The summed E-state index contributed by atoms with van der Waals surface area (Å²) in [7, 11) is 0. The Hall–Kier alpha value is -4.58. The van der Waals surface area contributed by atoms with Gasteiger partial charge in [-0.25, -0.2) is 14.6 Å². The van der Waals surface area contributed by atoms with Gasteiger partial charge in [-0.1, -0.05) is 11.6 Å². The van der Waals surface area contributed by atoms with E-state index < -0.39 is 17.7 Å². The van der Waals surface area contributed by atoms with E-state index in [-0.39, 0.29) is 36.1 Å². The highest BCUT2D eigenvalue weighted by molar-refractivity contribution is 6.30. The van der Waals surface area contributed by atoms with Crippen molar-refractivity contribution in [3.05, 3.63) is 69.6 Å². The molecule has 0 radical (unpaired) electrons. The minimum absolute atomic E-state index is 0.00214. The topological polar surface area (TPSA) is 188 Å². The van der Waals surface area contributed by atoms with Crippen LogP contribution in [-0.4, -0.2) is 32.8 Å². The van der Waals surface area contributed by atoms with Crippen LogP contribution in [-0.2, 0) is 11.2 Å². The molecule has 0 saturated heterocycles. The number of imidazole rings is 1. The number of anilines is 3. The highest BCUT2D eigenvalue weighted by Gasteiger charge is 2.18. The zero-order valence-corrected chi connectivity index (χ0v) is 18.2. The molecule has 0 unspecified atom stereocenters. The number of hydrogen-bond donors (Lipinski definition) is 6. The van der Waals surface area contributed by atoms with Crippen LogP contribution in [0.5, 0.6) is 0 Å². The van der Waals surface area contributed by atoms with Crippen molar-refractivity contribution in [1.82, 2.24) is 15.0 Å². The Kier molecular flexibility index (Phi) is 6.32. The van der Waals surface area contributed by atoms with Gasteiger partial charge in [0.05, 0.1) is 5.52 Å². The number of aromatic nitrogens is 3. The third-order valence-corrected chi connectivity index (χ3v) is 4.87. The predicted molar refractivity (Wildman–Crippen MR) is 125 cm³/mol. The first-order valence-electron chi connectivity index (χ1n) is 9.92. The second-order valence-electron chi connectivity index (χ2n) is 7.13. The van der Waals surface area contributed by atoms with E-state index in [1.165, 1.54) is 6.07 Å². The molecule has 0 atom stereocenters. The maximum atomic E-state index is 12.3. The number of benzene rings is 2. The number of nitrogens with zero attached hydrogens (tertiary/aromatic N) is 1. The number of urea groups is 1. The second kappa shape index (κ2) is 9.50. The van der Waals surface area contributed by atoms with E-state index in [9.17, 15) is 19.2 Å². The number of halogens is 1. The van der Waals surface area contributed by atoms with E-state index in [2.05, 4.69) is 30.9 Å². The monoisotopic (exact) mass is 483 g/mol. The fourth-order valence-corrected chi connectivity index (χ4v) is 3.22. The lowest BCUT2D eigenvalue weighted by atomic mass is 10.2. The number of carbonyl (C=O) groups is 3. The molecular weight excluding hydrogens is 466 g/mol. The summed E-state index contributed by atoms with van der Waals surface area (Å²) in [6.07, 6.45) is 0.144. The molecule has 2 heterocycles. The Balaban J connectivity index is 1.37. The van der Waals surface area contributed by atoms with E-state index in [1.54, 1.807) is 36.4 Å². The number of carbonyl (C=O) groups excluding carboxylic acids is 3. The van der Waals surface area contributed by atoms with Gasteiger partial charge >= 0.3 is 11.8 Å². The molecule has 7 N–H and O–H groups in total. The smallest absolute Gasteiger partial charge is 0.408 e. The van der Waals surface area contributed by atoms with Crippen LogP contribution >= 0.6 is 11.6 Å². The van der Waals surface area contributed by atoms with Crippen molar-refractivity contribution in [2.24, 2.45) is 5.73 Å². The predicted octanol–water partition coefficient (Wildman–Crippen LogP) is 2.81. The Morgan fingerprint density at radius 1 is 1.00 bits per heavy atom. The van der Waals surface area contributed by atoms with Gasteiger partial charge in [-0.3, -0.25) is 19.9 Å². The number of hydrogen-bond acceptors (Lipinski definition) is 6. The van der Waals surface area contributed by atoms with Crippen molar-refractivity contribution < 1.29 is 18.8 Å². The summed E-state index contributed by atoms with van der Waals surface area (Å²) < 4.78 is 4.97. The number of primary amides is 1. The molecule has 2 aromatic carbocycles. The lowest BCUT2D eigenvalue weighted by Crippen LogP contribution is -2.22. The second-order valence-corrected chi connectivity index (χ2v) is 7.57.